The second kappa shape index (κ2) is 10.5. The fourth-order valence-corrected chi connectivity index (χ4v) is 4.59. The quantitative estimate of drug-likeness (QED) is 0.217. The van der Waals surface area contributed by atoms with Crippen LogP contribution in [-0.2, 0) is 16.1 Å². The van der Waals surface area contributed by atoms with Crippen molar-refractivity contribution in [2.75, 3.05) is 0 Å². The third-order valence-electron chi connectivity index (χ3n) is 6.62. The summed E-state index contributed by atoms with van der Waals surface area (Å²) < 4.78 is 16.2. The zero-order chi connectivity index (χ0) is 27.7. The van der Waals surface area contributed by atoms with Gasteiger partial charge in [-0.15, -0.1) is 0 Å². The zero-order valence-electron chi connectivity index (χ0n) is 21.2. The Morgan fingerprint density at radius 2 is 1.72 bits per heavy atom. The van der Waals surface area contributed by atoms with Gasteiger partial charge in [-0.05, 0) is 60.9 Å². The van der Waals surface area contributed by atoms with E-state index in [1.807, 2.05) is 36.4 Å². The van der Waals surface area contributed by atoms with Crippen LogP contribution < -0.4 is 0 Å². The van der Waals surface area contributed by atoms with E-state index in [4.69, 9.17) is 16.7 Å². The van der Waals surface area contributed by atoms with Crippen LogP contribution in [0.15, 0.2) is 95.7 Å². The summed E-state index contributed by atoms with van der Waals surface area (Å²) in [6, 6.07) is 23.0. The molecule has 1 aromatic heterocycles. The van der Waals surface area contributed by atoms with Gasteiger partial charge in [0.15, 0.2) is 0 Å². The normalized spacial score (nSPS) is 14.7. The summed E-state index contributed by atoms with van der Waals surface area (Å²) in [5.41, 5.74) is 3.62. The lowest BCUT2D eigenvalue weighted by Crippen LogP contribution is -2.42. The molecule has 0 spiro atoms. The highest BCUT2D eigenvalue weighted by Gasteiger charge is 2.36. The Hall–Kier alpha value is -4.80. The van der Waals surface area contributed by atoms with E-state index in [-0.39, 0.29) is 29.1 Å². The average molecular weight is 537 g/mol. The van der Waals surface area contributed by atoms with Gasteiger partial charge in [0.1, 0.15) is 23.2 Å². The molecule has 0 radical (unpaired) electrons. The lowest BCUT2D eigenvalue weighted by atomic mass is 9.93. The van der Waals surface area contributed by atoms with Gasteiger partial charge in [0.05, 0.1) is 12.2 Å². The SMILES string of the molecule is CC1=C(C#N)C(=O)N(Cc2ccccc2Cl)C(=O)/C1=C/c1cn(-c2ccccc2)nc1-c1ccc(C)c(F)c1. The minimum Gasteiger partial charge on any atom is -0.269 e. The third kappa shape index (κ3) is 4.90. The van der Waals surface area contributed by atoms with E-state index in [1.54, 1.807) is 67.2 Å². The van der Waals surface area contributed by atoms with E-state index in [2.05, 4.69) is 0 Å². The first kappa shape index (κ1) is 25.8. The number of aromatic nitrogens is 2. The minimum atomic E-state index is -0.683. The van der Waals surface area contributed by atoms with Gasteiger partial charge in [0.2, 0.25) is 0 Å². The molecule has 0 unspecified atom stereocenters. The van der Waals surface area contributed by atoms with Gasteiger partial charge in [-0.3, -0.25) is 14.5 Å². The van der Waals surface area contributed by atoms with Crippen molar-refractivity contribution in [3.05, 3.63) is 123 Å². The van der Waals surface area contributed by atoms with Crippen molar-refractivity contribution in [3.63, 3.8) is 0 Å². The molecular weight excluding hydrogens is 515 g/mol. The maximum absolute atomic E-state index is 14.5. The molecule has 0 fully saturated rings. The van der Waals surface area contributed by atoms with Crippen LogP contribution in [0.2, 0.25) is 5.02 Å². The summed E-state index contributed by atoms with van der Waals surface area (Å²) in [6.45, 7) is 3.15. The lowest BCUT2D eigenvalue weighted by Gasteiger charge is -2.27. The van der Waals surface area contributed by atoms with Crippen molar-refractivity contribution in [2.24, 2.45) is 0 Å². The Labute approximate surface area is 229 Å². The highest BCUT2D eigenvalue weighted by atomic mass is 35.5. The number of halogens is 2. The third-order valence-corrected chi connectivity index (χ3v) is 6.99. The fraction of sp³-hybridized carbons (Fsp3) is 0.0968. The van der Waals surface area contributed by atoms with Gasteiger partial charge in [-0.2, -0.15) is 10.4 Å². The molecule has 8 heteroatoms. The van der Waals surface area contributed by atoms with Crippen LogP contribution >= 0.6 is 11.6 Å². The molecule has 1 aliphatic rings. The molecule has 0 N–H and O–H groups in total. The Morgan fingerprint density at radius 1 is 1.00 bits per heavy atom. The van der Waals surface area contributed by atoms with E-state index in [0.717, 1.165) is 10.6 Å². The van der Waals surface area contributed by atoms with E-state index in [0.29, 0.717) is 33.0 Å². The maximum Gasteiger partial charge on any atom is 0.271 e. The summed E-state index contributed by atoms with van der Waals surface area (Å²) in [5.74, 6) is -1.63. The molecule has 3 aromatic carbocycles. The van der Waals surface area contributed by atoms with Crippen molar-refractivity contribution in [3.8, 4) is 23.0 Å². The lowest BCUT2D eigenvalue weighted by molar-refractivity contribution is -0.141. The van der Waals surface area contributed by atoms with Gasteiger partial charge in [0.25, 0.3) is 11.8 Å². The standard InChI is InChI=1S/C31H22ClFN4O2/c1-19-12-13-21(15-28(19)33)29-23(18-37(35-29)24-9-4-3-5-10-24)14-25-20(2)26(16-34)31(39)36(30(25)38)17-22-8-6-7-11-27(22)32/h3-15,18H,17H2,1-2H3/b25-14+. The molecule has 2 amide bonds. The summed E-state index contributed by atoms with van der Waals surface area (Å²) in [7, 11) is 0. The smallest absolute Gasteiger partial charge is 0.269 e. The van der Waals surface area contributed by atoms with E-state index in [9.17, 15) is 19.2 Å². The molecule has 6 nitrogen and oxygen atoms in total. The number of amides is 2. The number of hydrogen-bond acceptors (Lipinski definition) is 4. The number of benzene rings is 3. The monoisotopic (exact) mass is 536 g/mol. The van der Waals surface area contributed by atoms with Gasteiger partial charge >= 0.3 is 0 Å². The number of rotatable bonds is 5. The molecule has 192 valence electrons. The molecular formula is C31H22ClFN4O2. The van der Waals surface area contributed by atoms with Crippen molar-refractivity contribution >= 4 is 29.5 Å². The van der Waals surface area contributed by atoms with Crippen LogP contribution in [0.4, 0.5) is 4.39 Å². The van der Waals surface area contributed by atoms with E-state index in [1.165, 1.54) is 6.07 Å². The summed E-state index contributed by atoms with van der Waals surface area (Å²) in [5, 5.41) is 14.9. The number of carbonyl (C=O) groups excluding carboxylic acids is 2. The van der Waals surface area contributed by atoms with Crippen LogP contribution in [0.1, 0.15) is 23.6 Å². The van der Waals surface area contributed by atoms with Crippen molar-refractivity contribution in [2.45, 2.75) is 20.4 Å². The Morgan fingerprint density at radius 3 is 2.41 bits per heavy atom. The largest absolute Gasteiger partial charge is 0.271 e. The van der Waals surface area contributed by atoms with E-state index < -0.39 is 11.8 Å². The second-order valence-electron chi connectivity index (χ2n) is 9.13. The first-order valence-electron chi connectivity index (χ1n) is 12.1. The van der Waals surface area contributed by atoms with Gasteiger partial charge in [0, 0.05) is 27.9 Å². The van der Waals surface area contributed by atoms with Crippen molar-refractivity contribution < 1.29 is 14.0 Å². The number of para-hydroxylation sites is 1. The summed E-state index contributed by atoms with van der Waals surface area (Å²) in [4.78, 5) is 27.9. The second-order valence-corrected chi connectivity index (χ2v) is 9.54. The molecule has 0 aliphatic carbocycles. The molecule has 39 heavy (non-hydrogen) atoms. The number of imide groups is 1. The number of nitrogens with zero attached hydrogens (tertiary/aromatic N) is 4. The molecule has 0 saturated carbocycles. The van der Waals surface area contributed by atoms with Gasteiger partial charge in [-0.1, -0.05) is 60.1 Å². The minimum absolute atomic E-state index is 0.0908. The molecule has 4 aromatic rings. The maximum atomic E-state index is 14.5. The summed E-state index contributed by atoms with van der Waals surface area (Å²) >= 11 is 6.29. The molecule has 0 atom stereocenters. The van der Waals surface area contributed by atoms with Crippen LogP contribution in [0.3, 0.4) is 0 Å². The van der Waals surface area contributed by atoms with Crippen LogP contribution in [-0.4, -0.2) is 26.5 Å². The Bertz CT molecular complexity index is 1730. The number of carbonyl (C=O) groups is 2. The predicted molar refractivity (Wildman–Crippen MR) is 147 cm³/mol. The van der Waals surface area contributed by atoms with Gasteiger partial charge in [-0.25, -0.2) is 9.07 Å². The predicted octanol–water partition coefficient (Wildman–Crippen LogP) is 6.43. The van der Waals surface area contributed by atoms with Crippen molar-refractivity contribution in [1.29, 1.82) is 5.26 Å². The zero-order valence-corrected chi connectivity index (χ0v) is 21.9. The Kier molecular flexibility index (Phi) is 6.97. The van der Waals surface area contributed by atoms with Crippen LogP contribution in [0, 0.1) is 24.1 Å². The van der Waals surface area contributed by atoms with Crippen LogP contribution in [0.5, 0.6) is 0 Å². The molecule has 5 rings (SSSR count). The number of aryl methyl sites for hydroxylation is 1. The van der Waals surface area contributed by atoms with Crippen molar-refractivity contribution in [1.82, 2.24) is 14.7 Å². The Balaban J connectivity index is 1.67. The average Bonchev–Trinajstić information content (AvgIpc) is 3.36. The molecule has 2 heterocycles. The molecule has 0 saturated heterocycles. The number of nitriles is 1. The summed E-state index contributed by atoms with van der Waals surface area (Å²) in [6.07, 6.45) is 3.33. The number of hydrogen-bond donors (Lipinski definition) is 0. The highest BCUT2D eigenvalue weighted by Crippen LogP contribution is 2.32. The highest BCUT2D eigenvalue weighted by molar-refractivity contribution is 6.31. The first-order chi connectivity index (χ1) is 18.8. The topological polar surface area (TPSA) is 79.0 Å². The molecule has 0 bridgehead atoms. The fourth-order valence-electron chi connectivity index (χ4n) is 4.40. The first-order valence-corrected chi connectivity index (χ1v) is 12.5. The van der Waals surface area contributed by atoms with Crippen LogP contribution in [0.25, 0.3) is 23.0 Å². The van der Waals surface area contributed by atoms with Gasteiger partial charge < -0.3 is 0 Å². The molecule has 1 aliphatic heterocycles. The van der Waals surface area contributed by atoms with E-state index >= 15 is 0 Å².